The number of amides is 1. The van der Waals surface area contributed by atoms with Gasteiger partial charge in [0.05, 0.1) is 6.33 Å². The highest BCUT2D eigenvalue weighted by molar-refractivity contribution is 5.91. The molecule has 0 aliphatic carbocycles. The maximum absolute atomic E-state index is 13.4. The average Bonchev–Trinajstić information content (AvgIpc) is 2.99. The molecule has 0 aliphatic heterocycles. The van der Waals surface area contributed by atoms with Crippen LogP contribution in [-0.2, 0) is 11.3 Å². The van der Waals surface area contributed by atoms with Crippen LogP contribution in [0.1, 0.15) is 18.4 Å². The van der Waals surface area contributed by atoms with E-state index in [0.29, 0.717) is 6.54 Å². The van der Waals surface area contributed by atoms with Gasteiger partial charge in [-0.15, -0.1) is 0 Å². The van der Waals surface area contributed by atoms with E-state index in [1.165, 1.54) is 6.07 Å². The Balaban J connectivity index is 1.70. The summed E-state index contributed by atoms with van der Waals surface area (Å²) in [5, 5.41) is 2.68. The SMILES string of the molecule is O=C(/C=C\c1c(F)cccc1F)NCCCCn1ccnc1. The first-order chi connectivity index (χ1) is 10.7. The molecule has 0 saturated carbocycles. The monoisotopic (exact) mass is 305 g/mol. The zero-order valence-electron chi connectivity index (χ0n) is 12.0. The van der Waals surface area contributed by atoms with Gasteiger partial charge in [0.1, 0.15) is 11.6 Å². The van der Waals surface area contributed by atoms with Crippen molar-refractivity contribution in [1.82, 2.24) is 14.9 Å². The Labute approximate surface area is 127 Å². The van der Waals surface area contributed by atoms with E-state index < -0.39 is 11.6 Å². The number of hydrogen-bond acceptors (Lipinski definition) is 2. The Bertz CT molecular complexity index is 619. The van der Waals surface area contributed by atoms with Gasteiger partial charge in [0.15, 0.2) is 0 Å². The zero-order valence-corrected chi connectivity index (χ0v) is 12.0. The van der Waals surface area contributed by atoms with Crippen molar-refractivity contribution in [3.63, 3.8) is 0 Å². The standard InChI is InChI=1S/C16H17F2N3O/c17-14-4-3-5-15(18)13(14)6-7-16(22)20-8-1-2-10-21-11-9-19-12-21/h3-7,9,11-12H,1-2,8,10H2,(H,20,22)/b7-6-. The Morgan fingerprint density at radius 3 is 2.73 bits per heavy atom. The van der Waals surface area contributed by atoms with Crippen LogP contribution in [0.25, 0.3) is 6.08 Å². The first-order valence-corrected chi connectivity index (χ1v) is 7.02. The number of carbonyl (C=O) groups is 1. The topological polar surface area (TPSA) is 46.9 Å². The third-order valence-electron chi connectivity index (χ3n) is 3.10. The second-order valence-corrected chi connectivity index (χ2v) is 4.77. The number of hydrogen-bond donors (Lipinski definition) is 1. The summed E-state index contributed by atoms with van der Waals surface area (Å²) < 4.78 is 28.7. The Morgan fingerprint density at radius 1 is 1.27 bits per heavy atom. The van der Waals surface area contributed by atoms with E-state index in [4.69, 9.17) is 0 Å². The molecule has 1 amide bonds. The quantitative estimate of drug-likeness (QED) is 0.631. The molecule has 0 radical (unpaired) electrons. The third kappa shape index (κ3) is 4.80. The molecule has 4 nitrogen and oxygen atoms in total. The molecule has 116 valence electrons. The highest BCUT2D eigenvalue weighted by Crippen LogP contribution is 2.13. The fourth-order valence-corrected chi connectivity index (χ4v) is 1.94. The normalized spacial score (nSPS) is 11.0. The van der Waals surface area contributed by atoms with Gasteiger partial charge in [0, 0.05) is 37.1 Å². The molecule has 1 heterocycles. The summed E-state index contributed by atoms with van der Waals surface area (Å²) in [5.41, 5.74) is -0.210. The van der Waals surface area contributed by atoms with Gasteiger partial charge in [-0.05, 0) is 31.1 Å². The van der Waals surface area contributed by atoms with Crippen molar-refractivity contribution in [2.75, 3.05) is 6.54 Å². The zero-order chi connectivity index (χ0) is 15.8. The fourth-order valence-electron chi connectivity index (χ4n) is 1.94. The number of unbranched alkanes of at least 4 members (excludes halogenated alkanes) is 1. The van der Waals surface area contributed by atoms with Gasteiger partial charge in [-0.1, -0.05) is 6.07 Å². The molecule has 0 saturated heterocycles. The fraction of sp³-hybridized carbons (Fsp3) is 0.250. The van der Waals surface area contributed by atoms with Crippen LogP contribution < -0.4 is 5.32 Å². The van der Waals surface area contributed by atoms with Crippen LogP contribution in [-0.4, -0.2) is 22.0 Å². The summed E-state index contributed by atoms with van der Waals surface area (Å²) in [5.74, 6) is -1.75. The second kappa shape index (κ2) is 8.07. The van der Waals surface area contributed by atoms with Crippen molar-refractivity contribution in [3.8, 4) is 0 Å². The minimum absolute atomic E-state index is 0.210. The molecule has 0 bridgehead atoms. The minimum Gasteiger partial charge on any atom is -0.353 e. The minimum atomic E-state index is -0.690. The van der Waals surface area contributed by atoms with E-state index in [1.807, 2.05) is 10.8 Å². The summed E-state index contributed by atoms with van der Waals surface area (Å²) in [6.07, 6.45) is 9.33. The number of aromatic nitrogens is 2. The molecule has 0 fully saturated rings. The van der Waals surface area contributed by atoms with Crippen LogP contribution >= 0.6 is 0 Å². The summed E-state index contributed by atoms with van der Waals surface area (Å²) >= 11 is 0. The molecular weight excluding hydrogens is 288 g/mol. The van der Waals surface area contributed by atoms with Gasteiger partial charge in [0.2, 0.25) is 5.91 Å². The van der Waals surface area contributed by atoms with E-state index in [0.717, 1.165) is 43.7 Å². The van der Waals surface area contributed by atoms with Crippen LogP contribution in [0.15, 0.2) is 43.0 Å². The average molecular weight is 305 g/mol. The molecule has 0 aliphatic rings. The maximum Gasteiger partial charge on any atom is 0.244 e. The summed E-state index contributed by atoms with van der Waals surface area (Å²) in [4.78, 5) is 15.5. The van der Waals surface area contributed by atoms with Crippen molar-refractivity contribution < 1.29 is 13.6 Å². The summed E-state index contributed by atoms with van der Waals surface area (Å²) in [6, 6.07) is 3.58. The van der Waals surface area contributed by atoms with E-state index >= 15 is 0 Å². The number of rotatable bonds is 7. The van der Waals surface area contributed by atoms with Gasteiger partial charge in [-0.3, -0.25) is 4.79 Å². The van der Waals surface area contributed by atoms with Crippen LogP contribution in [0, 0.1) is 11.6 Å². The largest absolute Gasteiger partial charge is 0.353 e. The van der Waals surface area contributed by atoms with E-state index in [1.54, 1.807) is 12.5 Å². The molecule has 1 N–H and O–H groups in total. The molecular formula is C16H17F2N3O. The van der Waals surface area contributed by atoms with Crippen LogP contribution in [0.4, 0.5) is 8.78 Å². The van der Waals surface area contributed by atoms with Crippen LogP contribution in [0.3, 0.4) is 0 Å². The van der Waals surface area contributed by atoms with E-state index in [9.17, 15) is 13.6 Å². The molecule has 2 rings (SSSR count). The van der Waals surface area contributed by atoms with Crippen LogP contribution in [0.2, 0.25) is 0 Å². The van der Waals surface area contributed by atoms with Crippen molar-refractivity contribution in [2.45, 2.75) is 19.4 Å². The molecule has 1 aromatic carbocycles. The number of aryl methyl sites for hydroxylation is 1. The highest BCUT2D eigenvalue weighted by Gasteiger charge is 2.05. The molecule has 22 heavy (non-hydrogen) atoms. The summed E-state index contributed by atoms with van der Waals surface area (Å²) in [7, 11) is 0. The lowest BCUT2D eigenvalue weighted by molar-refractivity contribution is -0.116. The number of nitrogens with zero attached hydrogens (tertiary/aromatic N) is 2. The lowest BCUT2D eigenvalue weighted by Gasteiger charge is -2.03. The van der Waals surface area contributed by atoms with Gasteiger partial charge >= 0.3 is 0 Å². The maximum atomic E-state index is 13.4. The van der Waals surface area contributed by atoms with E-state index in [-0.39, 0.29) is 11.5 Å². The second-order valence-electron chi connectivity index (χ2n) is 4.77. The van der Waals surface area contributed by atoms with Gasteiger partial charge in [-0.25, -0.2) is 13.8 Å². The lowest BCUT2D eigenvalue weighted by Crippen LogP contribution is -2.22. The highest BCUT2D eigenvalue weighted by atomic mass is 19.1. The first-order valence-electron chi connectivity index (χ1n) is 7.02. The summed E-state index contributed by atoms with van der Waals surface area (Å²) in [6.45, 7) is 1.35. The Morgan fingerprint density at radius 2 is 2.05 bits per heavy atom. The van der Waals surface area contributed by atoms with Crippen molar-refractivity contribution in [2.24, 2.45) is 0 Å². The molecule has 0 atom stereocenters. The molecule has 1 aromatic heterocycles. The lowest BCUT2D eigenvalue weighted by atomic mass is 10.2. The Hall–Kier alpha value is -2.50. The van der Waals surface area contributed by atoms with Crippen molar-refractivity contribution in [1.29, 1.82) is 0 Å². The van der Waals surface area contributed by atoms with Crippen molar-refractivity contribution in [3.05, 3.63) is 60.2 Å². The molecule has 6 heteroatoms. The number of imidazole rings is 1. The molecule has 0 spiro atoms. The van der Waals surface area contributed by atoms with E-state index in [2.05, 4.69) is 10.3 Å². The predicted molar refractivity (Wildman–Crippen MR) is 79.9 cm³/mol. The number of benzene rings is 1. The smallest absolute Gasteiger partial charge is 0.244 e. The van der Waals surface area contributed by atoms with Gasteiger partial charge < -0.3 is 9.88 Å². The van der Waals surface area contributed by atoms with Gasteiger partial charge in [0.25, 0.3) is 0 Å². The number of carbonyl (C=O) groups excluding carboxylic acids is 1. The van der Waals surface area contributed by atoms with Gasteiger partial charge in [-0.2, -0.15) is 0 Å². The third-order valence-corrected chi connectivity index (χ3v) is 3.10. The Kier molecular flexibility index (Phi) is 5.82. The predicted octanol–water partition coefficient (Wildman–Crippen LogP) is 2.77. The van der Waals surface area contributed by atoms with Crippen LogP contribution in [0.5, 0.6) is 0 Å². The number of nitrogens with one attached hydrogen (secondary N) is 1. The van der Waals surface area contributed by atoms with Crippen molar-refractivity contribution >= 4 is 12.0 Å². The first kappa shape index (κ1) is 15.9. The number of halogens is 2. The molecule has 2 aromatic rings. The molecule has 0 unspecified atom stereocenters.